The second kappa shape index (κ2) is 6.88. The van der Waals surface area contributed by atoms with E-state index in [1.165, 1.54) is 9.13 Å². The van der Waals surface area contributed by atoms with Crippen LogP contribution in [0.15, 0.2) is 64.0 Å². The maximum Gasteiger partial charge on any atom is 0.316 e. The molecule has 0 saturated heterocycles. The van der Waals surface area contributed by atoms with Gasteiger partial charge in [-0.3, -0.25) is 9.59 Å². The van der Waals surface area contributed by atoms with Gasteiger partial charge in [0.1, 0.15) is 0 Å². The monoisotopic (exact) mass is 284 g/mol. The highest BCUT2D eigenvalue weighted by Crippen LogP contribution is 2.00. The van der Waals surface area contributed by atoms with Crippen LogP contribution in [0.2, 0.25) is 0 Å². The van der Waals surface area contributed by atoms with Crippen molar-refractivity contribution in [3.63, 3.8) is 0 Å². The summed E-state index contributed by atoms with van der Waals surface area (Å²) in [5, 5.41) is 0. The zero-order valence-electron chi connectivity index (χ0n) is 12.5. The molecule has 1 aromatic carbocycles. The summed E-state index contributed by atoms with van der Waals surface area (Å²) in [4.78, 5) is 24.1. The summed E-state index contributed by atoms with van der Waals surface area (Å²) in [6, 6.07) is 9.92. The molecule has 0 fully saturated rings. The lowest BCUT2D eigenvalue weighted by molar-refractivity contribution is 0.624. The van der Waals surface area contributed by atoms with Gasteiger partial charge in [-0.2, -0.15) is 0 Å². The second-order valence-electron chi connectivity index (χ2n) is 5.27. The summed E-state index contributed by atoms with van der Waals surface area (Å²) < 4.78 is 2.92. The van der Waals surface area contributed by atoms with Gasteiger partial charge >= 0.3 is 11.1 Å². The summed E-state index contributed by atoms with van der Waals surface area (Å²) in [5.41, 5.74) is 1.34. The van der Waals surface area contributed by atoms with Gasteiger partial charge in [0.15, 0.2) is 0 Å². The Hall–Kier alpha value is -2.36. The Morgan fingerprint density at radius 1 is 1.00 bits per heavy atom. The number of hydrogen-bond acceptors (Lipinski definition) is 2. The van der Waals surface area contributed by atoms with E-state index in [0.717, 1.165) is 17.6 Å². The van der Waals surface area contributed by atoms with Gasteiger partial charge < -0.3 is 9.13 Å². The van der Waals surface area contributed by atoms with Crippen LogP contribution in [0, 0.1) is 0 Å². The van der Waals surface area contributed by atoms with Gasteiger partial charge in [-0.15, -0.1) is 0 Å². The molecule has 0 spiro atoms. The van der Waals surface area contributed by atoms with Crippen LogP contribution in [0.5, 0.6) is 0 Å². The predicted molar refractivity (Wildman–Crippen MR) is 84.5 cm³/mol. The van der Waals surface area contributed by atoms with E-state index in [9.17, 15) is 9.59 Å². The number of hydrogen-bond donors (Lipinski definition) is 0. The molecule has 0 saturated carbocycles. The number of allylic oxidation sites excluding steroid dienone is 2. The fourth-order valence-corrected chi connectivity index (χ4v) is 2.04. The van der Waals surface area contributed by atoms with Crippen molar-refractivity contribution in [2.45, 2.75) is 33.4 Å². The highest BCUT2D eigenvalue weighted by molar-refractivity contribution is 5.14. The molecule has 0 N–H and O–H groups in total. The van der Waals surface area contributed by atoms with Crippen molar-refractivity contribution in [1.82, 2.24) is 9.13 Å². The Morgan fingerprint density at radius 3 is 2.29 bits per heavy atom. The van der Waals surface area contributed by atoms with E-state index in [1.807, 2.05) is 50.3 Å². The normalized spacial score (nSPS) is 10.4. The molecule has 110 valence electrons. The average Bonchev–Trinajstić information content (AvgIpc) is 2.48. The third-order valence-corrected chi connectivity index (χ3v) is 3.31. The number of benzene rings is 1. The van der Waals surface area contributed by atoms with Gasteiger partial charge in [-0.1, -0.05) is 42.0 Å². The maximum atomic E-state index is 12.1. The molecule has 4 heteroatoms. The van der Waals surface area contributed by atoms with Crippen molar-refractivity contribution >= 4 is 0 Å². The lowest BCUT2D eigenvalue weighted by atomic mass is 10.1. The lowest BCUT2D eigenvalue weighted by Crippen LogP contribution is -2.40. The molecule has 0 unspecified atom stereocenters. The molecular formula is C17H20N2O2. The van der Waals surface area contributed by atoms with Gasteiger partial charge in [0.2, 0.25) is 0 Å². The minimum Gasteiger partial charge on any atom is -0.309 e. The summed E-state index contributed by atoms with van der Waals surface area (Å²) in [6.07, 6.45) is 6.02. The first-order chi connectivity index (χ1) is 10.1. The van der Waals surface area contributed by atoms with Crippen LogP contribution in [0.1, 0.15) is 19.4 Å². The summed E-state index contributed by atoms with van der Waals surface area (Å²) >= 11 is 0. The van der Waals surface area contributed by atoms with Crippen molar-refractivity contribution in [3.05, 3.63) is 80.6 Å². The first kappa shape index (κ1) is 15.0. The molecule has 1 aromatic heterocycles. The minimum atomic E-state index is -0.469. The fraction of sp³-hybridized carbons (Fsp3) is 0.294. The van der Waals surface area contributed by atoms with Crippen molar-refractivity contribution < 1.29 is 0 Å². The molecule has 0 amide bonds. The van der Waals surface area contributed by atoms with E-state index in [-0.39, 0.29) is 0 Å². The molecule has 1 heterocycles. The average molecular weight is 284 g/mol. The van der Waals surface area contributed by atoms with Gasteiger partial charge in [-0.25, -0.2) is 0 Å². The van der Waals surface area contributed by atoms with Gasteiger partial charge in [0.25, 0.3) is 0 Å². The van der Waals surface area contributed by atoms with Crippen molar-refractivity contribution in [3.8, 4) is 0 Å². The van der Waals surface area contributed by atoms with Crippen LogP contribution in [0.4, 0.5) is 0 Å². The third-order valence-electron chi connectivity index (χ3n) is 3.31. The van der Waals surface area contributed by atoms with Gasteiger partial charge in [0.05, 0.1) is 0 Å². The van der Waals surface area contributed by atoms with Gasteiger partial charge in [0, 0.05) is 25.5 Å². The zero-order chi connectivity index (χ0) is 15.2. The molecule has 0 aliphatic rings. The van der Waals surface area contributed by atoms with Crippen LogP contribution < -0.4 is 11.1 Å². The fourth-order valence-electron chi connectivity index (χ4n) is 2.04. The maximum absolute atomic E-state index is 12.1. The zero-order valence-corrected chi connectivity index (χ0v) is 12.5. The van der Waals surface area contributed by atoms with Crippen molar-refractivity contribution in [1.29, 1.82) is 0 Å². The molecule has 4 nitrogen and oxygen atoms in total. The smallest absolute Gasteiger partial charge is 0.309 e. The molecule has 0 aliphatic carbocycles. The Balaban J connectivity index is 2.15. The molecule has 21 heavy (non-hydrogen) atoms. The summed E-state index contributed by atoms with van der Waals surface area (Å²) in [5.74, 6) is 0. The van der Waals surface area contributed by atoms with E-state index >= 15 is 0 Å². The van der Waals surface area contributed by atoms with Crippen LogP contribution in [0.3, 0.4) is 0 Å². The molecule has 2 aromatic rings. The highest BCUT2D eigenvalue weighted by Gasteiger charge is 2.04. The molecular weight excluding hydrogens is 264 g/mol. The predicted octanol–water partition coefficient (Wildman–Crippen LogP) is 2.22. The quantitative estimate of drug-likeness (QED) is 0.624. The number of aromatic nitrogens is 2. The molecule has 0 bridgehead atoms. The molecule has 0 radical (unpaired) electrons. The topological polar surface area (TPSA) is 44.0 Å². The largest absolute Gasteiger partial charge is 0.316 e. The number of nitrogens with zero attached hydrogens (tertiary/aromatic N) is 2. The van der Waals surface area contributed by atoms with Crippen LogP contribution in [-0.2, 0) is 19.5 Å². The van der Waals surface area contributed by atoms with Gasteiger partial charge in [-0.05, 0) is 25.8 Å². The lowest BCUT2D eigenvalue weighted by Gasteiger charge is -2.08. The standard InChI is InChI=1S/C17H20N2O2/c1-14(2)8-10-18-12-13-19(17(21)16(18)20)11-9-15-6-4-3-5-7-15/h3-8,12-13H,9-11H2,1-2H3. The highest BCUT2D eigenvalue weighted by atomic mass is 16.2. The van der Waals surface area contributed by atoms with E-state index in [1.54, 1.807) is 12.4 Å². The van der Waals surface area contributed by atoms with E-state index < -0.39 is 11.1 Å². The van der Waals surface area contributed by atoms with Crippen molar-refractivity contribution in [2.75, 3.05) is 0 Å². The molecule has 0 aliphatic heterocycles. The summed E-state index contributed by atoms with van der Waals surface area (Å²) in [6.45, 7) is 4.88. The Bertz CT molecular complexity index is 735. The van der Waals surface area contributed by atoms with Crippen molar-refractivity contribution in [2.24, 2.45) is 0 Å². The van der Waals surface area contributed by atoms with E-state index in [0.29, 0.717) is 13.1 Å². The molecule has 0 atom stereocenters. The first-order valence-corrected chi connectivity index (χ1v) is 7.05. The van der Waals surface area contributed by atoms with Crippen LogP contribution in [0.25, 0.3) is 0 Å². The number of rotatable bonds is 5. The van der Waals surface area contributed by atoms with Crippen LogP contribution >= 0.6 is 0 Å². The molecule has 2 rings (SSSR count). The Morgan fingerprint density at radius 2 is 1.62 bits per heavy atom. The first-order valence-electron chi connectivity index (χ1n) is 7.05. The number of aryl methyl sites for hydroxylation is 2. The minimum absolute atomic E-state index is 0.440. The third kappa shape index (κ3) is 4.05. The van der Waals surface area contributed by atoms with Crippen LogP contribution in [-0.4, -0.2) is 9.13 Å². The SMILES string of the molecule is CC(C)=CCn1ccn(CCc2ccccc2)c(=O)c1=O. The van der Waals surface area contributed by atoms with E-state index in [4.69, 9.17) is 0 Å². The second-order valence-corrected chi connectivity index (χ2v) is 5.27. The van der Waals surface area contributed by atoms with E-state index in [2.05, 4.69) is 0 Å². The Labute approximate surface area is 124 Å². The Kier molecular flexibility index (Phi) is 4.93. The summed E-state index contributed by atoms with van der Waals surface area (Å²) in [7, 11) is 0.